The zero-order valence-corrected chi connectivity index (χ0v) is 17.1. The van der Waals surface area contributed by atoms with Gasteiger partial charge in [0.1, 0.15) is 17.6 Å². The van der Waals surface area contributed by atoms with Gasteiger partial charge in [-0.2, -0.15) is 0 Å². The van der Waals surface area contributed by atoms with Gasteiger partial charge in [0, 0.05) is 25.1 Å². The van der Waals surface area contributed by atoms with Crippen LogP contribution in [0.3, 0.4) is 0 Å². The number of amides is 1. The maximum atomic E-state index is 13.1. The molecule has 1 fully saturated rings. The smallest absolute Gasteiger partial charge is 0.296 e. The van der Waals surface area contributed by atoms with Gasteiger partial charge in [0.05, 0.1) is 23.9 Å². The van der Waals surface area contributed by atoms with Crippen LogP contribution in [-0.2, 0) is 16.1 Å². The Bertz CT molecular complexity index is 1160. The van der Waals surface area contributed by atoms with E-state index in [1.54, 1.807) is 61.1 Å². The number of methoxy groups -OCH3 is 1. The summed E-state index contributed by atoms with van der Waals surface area (Å²) in [6.07, 6.45) is 4.84. The minimum absolute atomic E-state index is 0.0124. The molecule has 0 bridgehead atoms. The van der Waals surface area contributed by atoms with Crippen molar-refractivity contribution in [2.75, 3.05) is 7.11 Å². The van der Waals surface area contributed by atoms with Crippen molar-refractivity contribution in [1.29, 1.82) is 0 Å². The molecule has 4 rings (SSSR count). The van der Waals surface area contributed by atoms with Crippen LogP contribution in [0.4, 0.5) is 0 Å². The third-order valence-electron chi connectivity index (χ3n) is 5.22. The van der Waals surface area contributed by atoms with Gasteiger partial charge in [-0.15, -0.1) is 0 Å². The van der Waals surface area contributed by atoms with Gasteiger partial charge in [0.15, 0.2) is 0 Å². The van der Waals surface area contributed by atoms with Crippen LogP contribution in [0.1, 0.15) is 28.4 Å². The second-order valence-electron chi connectivity index (χ2n) is 7.24. The summed E-state index contributed by atoms with van der Waals surface area (Å²) in [5, 5.41) is 11.2. The fourth-order valence-corrected chi connectivity index (χ4v) is 3.73. The monoisotopic (exact) mass is 415 g/mol. The molecule has 0 saturated carbocycles. The molecule has 0 radical (unpaired) electrons. The number of carbonyl (C=O) groups excluding carboxylic acids is 2. The predicted molar refractivity (Wildman–Crippen MR) is 114 cm³/mol. The number of pyridine rings is 2. The highest BCUT2D eigenvalue weighted by Crippen LogP contribution is 2.41. The number of benzene rings is 1. The minimum atomic E-state index is -0.834. The molecule has 1 unspecified atom stereocenters. The van der Waals surface area contributed by atoms with Gasteiger partial charge in [-0.05, 0) is 48.9 Å². The summed E-state index contributed by atoms with van der Waals surface area (Å²) >= 11 is 0. The average molecular weight is 415 g/mol. The van der Waals surface area contributed by atoms with Crippen LogP contribution in [0.15, 0.2) is 72.7 Å². The molecule has 3 heterocycles. The Morgan fingerprint density at radius 2 is 1.87 bits per heavy atom. The average Bonchev–Trinajstić information content (AvgIpc) is 3.04. The molecule has 1 aliphatic heterocycles. The normalized spacial score (nSPS) is 17.7. The summed E-state index contributed by atoms with van der Waals surface area (Å²) in [5.41, 5.74) is 2.52. The van der Waals surface area contributed by atoms with E-state index in [0.717, 1.165) is 11.1 Å². The molecule has 3 aromatic rings. The van der Waals surface area contributed by atoms with Crippen LogP contribution in [0.2, 0.25) is 0 Å². The first-order valence-corrected chi connectivity index (χ1v) is 9.74. The number of aliphatic hydroxyl groups excluding tert-OH is 1. The van der Waals surface area contributed by atoms with Crippen molar-refractivity contribution in [3.05, 3.63) is 95.1 Å². The number of hydrogen-bond acceptors (Lipinski definition) is 6. The molecule has 7 nitrogen and oxygen atoms in total. The van der Waals surface area contributed by atoms with E-state index in [2.05, 4.69) is 9.97 Å². The Hall–Kier alpha value is -4.00. The fraction of sp³-hybridized carbons (Fsp3) is 0.167. The molecule has 7 heteroatoms. The van der Waals surface area contributed by atoms with Crippen molar-refractivity contribution in [2.45, 2.75) is 19.5 Å². The number of ether oxygens (including phenoxy) is 1. The fourth-order valence-electron chi connectivity index (χ4n) is 3.73. The number of carbonyl (C=O) groups is 2. The van der Waals surface area contributed by atoms with Gasteiger partial charge in [0.2, 0.25) is 0 Å². The van der Waals surface area contributed by atoms with Gasteiger partial charge < -0.3 is 14.7 Å². The number of ketones is 1. The maximum Gasteiger partial charge on any atom is 0.296 e. The molecule has 1 saturated heterocycles. The summed E-state index contributed by atoms with van der Waals surface area (Å²) in [7, 11) is 1.49. The summed E-state index contributed by atoms with van der Waals surface area (Å²) in [5.74, 6) is -1.33. The lowest BCUT2D eigenvalue weighted by molar-refractivity contribution is -0.140. The van der Waals surface area contributed by atoms with Gasteiger partial charge >= 0.3 is 0 Å². The van der Waals surface area contributed by atoms with Crippen LogP contribution in [0.5, 0.6) is 5.75 Å². The van der Waals surface area contributed by atoms with E-state index in [4.69, 9.17) is 4.74 Å². The highest BCUT2D eigenvalue weighted by atomic mass is 16.5. The Morgan fingerprint density at radius 1 is 1.10 bits per heavy atom. The van der Waals surface area contributed by atoms with E-state index >= 15 is 0 Å². The summed E-state index contributed by atoms with van der Waals surface area (Å²) in [4.78, 5) is 35.9. The van der Waals surface area contributed by atoms with Gasteiger partial charge in [-0.25, -0.2) is 0 Å². The largest absolute Gasteiger partial charge is 0.507 e. The van der Waals surface area contributed by atoms with Crippen LogP contribution in [-0.4, -0.2) is 38.8 Å². The molecule has 2 aromatic heterocycles. The Morgan fingerprint density at radius 3 is 2.55 bits per heavy atom. The number of rotatable bonds is 5. The lowest BCUT2D eigenvalue weighted by Crippen LogP contribution is -2.29. The van der Waals surface area contributed by atoms with Crippen LogP contribution in [0, 0.1) is 6.92 Å². The number of likely N-dealkylation sites (tertiary alicyclic amines) is 1. The van der Waals surface area contributed by atoms with E-state index < -0.39 is 17.7 Å². The van der Waals surface area contributed by atoms with Crippen LogP contribution in [0.25, 0.3) is 5.76 Å². The third-order valence-corrected chi connectivity index (χ3v) is 5.22. The Balaban J connectivity index is 1.90. The SMILES string of the molecule is COc1ccc(C)cc1/C(O)=C1\C(=O)C(=O)N(Cc2ccncc2)C1c1ccccn1. The second kappa shape index (κ2) is 8.39. The topological polar surface area (TPSA) is 92.6 Å². The lowest BCUT2D eigenvalue weighted by Gasteiger charge is -2.24. The minimum Gasteiger partial charge on any atom is -0.507 e. The predicted octanol–water partition coefficient (Wildman–Crippen LogP) is 3.42. The van der Waals surface area contributed by atoms with Crippen molar-refractivity contribution < 1.29 is 19.4 Å². The Kier molecular flexibility index (Phi) is 5.49. The number of Topliss-reactive ketones (excluding diaryl/α,β-unsaturated/α-hetero) is 1. The zero-order chi connectivity index (χ0) is 22.0. The molecule has 31 heavy (non-hydrogen) atoms. The van der Waals surface area contributed by atoms with Gasteiger partial charge in [-0.3, -0.25) is 19.6 Å². The molecule has 0 spiro atoms. The Labute approximate surface area is 179 Å². The van der Waals surface area contributed by atoms with Crippen molar-refractivity contribution in [3.63, 3.8) is 0 Å². The van der Waals surface area contributed by atoms with Gasteiger partial charge in [0.25, 0.3) is 11.7 Å². The third kappa shape index (κ3) is 3.77. The zero-order valence-electron chi connectivity index (χ0n) is 17.1. The van der Waals surface area contributed by atoms with Crippen LogP contribution >= 0.6 is 0 Å². The summed E-state index contributed by atoms with van der Waals surface area (Å²) in [6.45, 7) is 2.05. The van der Waals surface area contributed by atoms with Crippen molar-refractivity contribution in [1.82, 2.24) is 14.9 Å². The second-order valence-corrected chi connectivity index (χ2v) is 7.24. The number of hydrogen-bond donors (Lipinski definition) is 1. The van der Waals surface area contributed by atoms with E-state index in [1.165, 1.54) is 12.0 Å². The molecule has 1 aromatic carbocycles. The standard InChI is InChI=1S/C24H21N3O4/c1-15-6-7-19(31-2)17(13-15)22(28)20-21(18-5-3-4-10-26-18)27(24(30)23(20)29)14-16-8-11-25-12-9-16/h3-13,21,28H,14H2,1-2H3/b22-20+. The highest BCUT2D eigenvalue weighted by molar-refractivity contribution is 6.46. The molecule has 1 atom stereocenters. The van der Waals surface area contributed by atoms with Crippen molar-refractivity contribution >= 4 is 17.4 Å². The molecular weight excluding hydrogens is 394 g/mol. The van der Waals surface area contributed by atoms with Crippen LogP contribution < -0.4 is 4.74 Å². The number of aryl methyl sites for hydroxylation is 1. The first kappa shape index (κ1) is 20.3. The molecule has 1 N–H and O–H groups in total. The van der Waals surface area contributed by atoms with Crippen molar-refractivity contribution in [3.8, 4) is 5.75 Å². The quantitative estimate of drug-likeness (QED) is 0.390. The number of aromatic nitrogens is 2. The molecular formula is C24H21N3O4. The molecule has 1 aliphatic rings. The highest BCUT2D eigenvalue weighted by Gasteiger charge is 2.47. The number of nitrogens with zero attached hydrogens (tertiary/aromatic N) is 3. The first-order chi connectivity index (χ1) is 15.0. The lowest BCUT2D eigenvalue weighted by atomic mass is 9.97. The van der Waals surface area contributed by atoms with E-state index in [1.807, 2.05) is 13.0 Å². The molecule has 1 amide bonds. The van der Waals surface area contributed by atoms with E-state index in [-0.39, 0.29) is 17.9 Å². The van der Waals surface area contributed by atoms with Gasteiger partial charge in [-0.1, -0.05) is 17.7 Å². The maximum absolute atomic E-state index is 13.1. The molecule has 0 aliphatic carbocycles. The van der Waals surface area contributed by atoms with E-state index in [0.29, 0.717) is 17.0 Å². The van der Waals surface area contributed by atoms with E-state index in [9.17, 15) is 14.7 Å². The summed E-state index contributed by atoms with van der Waals surface area (Å²) in [6, 6.07) is 13.3. The molecule has 156 valence electrons. The van der Waals surface area contributed by atoms with Crippen molar-refractivity contribution in [2.24, 2.45) is 0 Å². The number of aliphatic hydroxyl groups is 1. The first-order valence-electron chi connectivity index (χ1n) is 9.74. The summed E-state index contributed by atoms with van der Waals surface area (Å²) < 4.78 is 5.38.